The number of carboxylic acid groups (broad SMARTS) is 1. The molecule has 1 saturated heterocycles. The molecule has 4 heterocycles. The molecule has 108 valence electrons. The molecule has 21 heavy (non-hydrogen) atoms. The molecule has 2 aromatic rings. The molecule has 0 aliphatic carbocycles. The standard InChI is InChI=1S/C15H12BrFN2O2/c16-10-6-8(17)5-9-11(15(20)21)14-12(18-13(9)10)7-1-3-19(14)4-2-7/h5-7H,1-4H2,(H,20,21). The number of halogens is 2. The van der Waals surface area contributed by atoms with Crippen LogP contribution in [0.25, 0.3) is 10.9 Å². The monoisotopic (exact) mass is 350 g/mol. The van der Waals surface area contributed by atoms with Gasteiger partial charge < -0.3 is 10.0 Å². The molecule has 1 aromatic heterocycles. The van der Waals surface area contributed by atoms with E-state index in [9.17, 15) is 14.3 Å². The Morgan fingerprint density at radius 2 is 2.10 bits per heavy atom. The number of carbonyl (C=O) groups is 1. The Bertz CT molecular complexity index is 785. The molecule has 0 spiro atoms. The Kier molecular flexibility index (Phi) is 2.73. The van der Waals surface area contributed by atoms with Gasteiger partial charge in [0.1, 0.15) is 5.82 Å². The molecule has 0 unspecified atom stereocenters. The molecule has 5 rings (SSSR count). The van der Waals surface area contributed by atoms with Crippen LogP contribution in [-0.4, -0.2) is 29.1 Å². The predicted octanol–water partition coefficient (Wildman–Crippen LogP) is 3.53. The van der Waals surface area contributed by atoms with Crippen molar-refractivity contribution in [2.45, 2.75) is 18.8 Å². The van der Waals surface area contributed by atoms with Crippen LogP contribution in [-0.2, 0) is 0 Å². The lowest BCUT2D eigenvalue weighted by atomic mass is 9.84. The zero-order valence-electron chi connectivity index (χ0n) is 11.1. The van der Waals surface area contributed by atoms with E-state index in [1.54, 1.807) is 0 Å². The van der Waals surface area contributed by atoms with Crippen LogP contribution in [0.1, 0.15) is 34.8 Å². The minimum atomic E-state index is -1.02. The number of piperidine rings is 1. The first-order chi connectivity index (χ1) is 10.1. The second kappa shape index (κ2) is 4.40. The van der Waals surface area contributed by atoms with Crippen molar-refractivity contribution in [2.24, 2.45) is 0 Å². The van der Waals surface area contributed by atoms with E-state index in [1.165, 1.54) is 12.1 Å². The van der Waals surface area contributed by atoms with Crippen LogP contribution in [0.5, 0.6) is 0 Å². The second-order valence-corrected chi connectivity index (χ2v) is 6.43. The molecule has 0 radical (unpaired) electrons. The van der Waals surface area contributed by atoms with Crippen molar-refractivity contribution in [3.63, 3.8) is 0 Å². The van der Waals surface area contributed by atoms with Crippen LogP contribution in [0.4, 0.5) is 10.1 Å². The van der Waals surface area contributed by atoms with E-state index in [0.717, 1.165) is 31.6 Å². The second-order valence-electron chi connectivity index (χ2n) is 5.57. The first-order valence-electron chi connectivity index (χ1n) is 6.87. The summed E-state index contributed by atoms with van der Waals surface area (Å²) in [5.41, 5.74) is 2.25. The van der Waals surface area contributed by atoms with Crippen LogP contribution in [0, 0.1) is 5.82 Å². The van der Waals surface area contributed by atoms with Crippen molar-refractivity contribution in [1.29, 1.82) is 0 Å². The van der Waals surface area contributed by atoms with Gasteiger partial charge >= 0.3 is 5.97 Å². The third-order valence-electron chi connectivity index (χ3n) is 4.42. The molecule has 0 amide bonds. The number of rotatable bonds is 1. The molecule has 4 nitrogen and oxygen atoms in total. The summed E-state index contributed by atoms with van der Waals surface area (Å²) >= 11 is 3.30. The highest BCUT2D eigenvalue weighted by molar-refractivity contribution is 9.10. The van der Waals surface area contributed by atoms with Gasteiger partial charge in [-0.2, -0.15) is 0 Å². The Hall–Kier alpha value is -1.69. The van der Waals surface area contributed by atoms with E-state index in [0.29, 0.717) is 27.0 Å². The minimum Gasteiger partial charge on any atom is -0.478 e. The highest BCUT2D eigenvalue weighted by Crippen LogP contribution is 2.45. The van der Waals surface area contributed by atoms with Crippen molar-refractivity contribution in [1.82, 2.24) is 4.98 Å². The topological polar surface area (TPSA) is 53.4 Å². The highest BCUT2D eigenvalue weighted by Gasteiger charge is 2.36. The number of fused-ring (bicyclic) bond motifs is 3. The van der Waals surface area contributed by atoms with E-state index in [2.05, 4.69) is 25.8 Å². The molecule has 3 aliphatic heterocycles. The van der Waals surface area contributed by atoms with Crippen molar-refractivity contribution < 1.29 is 14.3 Å². The lowest BCUT2D eigenvalue weighted by Gasteiger charge is -2.42. The molecular formula is C15H12BrFN2O2. The van der Waals surface area contributed by atoms with Gasteiger partial charge in [-0.25, -0.2) is 14.2 Å². The van der Waals surface area contributed by atoms with Gasteiger partial charge in [0.25, 0.3) is 0 Å². The van der Waals surface area contributed by atoms with Crippen molar-refractivity contribution >= 4 is 38.5 Å². The van der Waals surface area contributed by atoms with Crippen LogP contribution in [0.2, 0.25) is 0 Å². The Morgan fingerprint density at radius 1 is 1.38 bits per heavy atom. The Balaban J connectivity index is 2.17. The van der Waals surface area contributed by atoms with Crippen LogP contribution < -0.4 is 4.90 Å². The number of hydrogen-bond donors (Lipinski definition) is 1. The van der Waals surface area contributed by atoms with Gasteiger partial charge in [-0.05, 0) is 40.9 Å². The average molecular weight is 351 g/mol. The molecule has 1 aromatic carbocycles. The predicted molar refractivity (Wildman–Crippen MR) is 80.5 cm³/mol. The van der Waals surface area contributed by atoms with Crippen molar-refractivity contribution in [3.05, 3.63) is 33.7 Å². The number of pyridine rings is 1. The number of anilines is 1. The maximum Gasteiger partial charge on any atom is 0.338 e. The number of nitrogens with zero attached hydrogens (tertiary/aromatic N) is 2. The first kappa shape index (κ1) is 13.0. The van der Waals surface area contributed by atoms with Crippen molar-refractivity contribution in [3.8, 4) is 0 Å². The van der Waals surface area contributed by atoms with Crippen LogP contribution >= 0.6 is 15.9 Å². The molecule has 3 aliphatic rings. The summed E-state index contributed by atoms with van der Waals surface area (Å²) in [4.78, 5) is 18.5. The van der Waals surface area contributed by atoms with E-state index >= 15 is 0 Å². The summed E-state index contributed by atoms with van der Waals surface area (Å²) in [6.45, 7) is 1.70. The van der Waals surface area contributed by atoms with E-state index in [1.807, 2.05) is 0 Å². The van der Waals surface area contributed by atoms with Gasteiger partial charge in [0.15, 0.2) is 0 Å². The maximum atomic E-state index is 13.7. The zero-order chi connectivity index (χ0) is 14.7. The maximum absolute atomic E-state index is 13.7. The van der Waals surface area contributed by atoms with Crippen molar-refractivity contribution in [2.75, 3.05) is 18.0 Å². The highest BCUT2D eigenvalue weighted by atomic mass is 79.9. The zero-order valence-corrected chi connectivity index (χ0v) is 12.7. The van der Waals surface area contributed by atoms with Crippen LogP contribution in [0.15, 0.2) is 16.6 Å². The van der Waals surface area contributed by atoms with Gasteiger partial charge in [-0.1, -0.05) is 0 Å². The molecule has 1 fully saturated rings. The summed E-state index contributed by atoms with van der Waals surface area (Å²) in [7, 11) is 0. The third-order valence-corrected chi connectivity index (χ3v) is 5.03. The lowest BCUT2D eigenvalue weighted by Crippen LogP contribution is -2.40. The van der Waals surface area contributed by atoms with Gasteiger partial charge in [0.2, 0.25) is 0 Å². The summed E-state index contributed by atoms with van der Waals surface area (Å²) < 4.78 is 14.2. The van der Waals surface area contributed by atoms with Gasteiger partial charge in [0, 0.05) is 28.9 Å². The minimum absolute atomic E-state index is 0.180. The summed E-state index contributed by atoms with van der Waals surface area (Å²) in [6, 6.07) is 2.59. The smallest absolute Gasteiger partial charge is 0.338 e. The first-order valence-corrected chi connectivity index (χ1v) is 7.66. The van der Waals surface area contributed by atoms with Crippen LogP contribution in [0.3, 0.4) is 0 Å². The number of aromatic nitrogens is 1. The number of benzene rings is 1. The van der Waals surface area contributed by atoms with E-state index in [-0.39, 0.29) is 5.56 Å². The Labute approximate surface area is 128 Å². The van der Waals surface area contributed by atoms with Gasteiger partial charge in [-0.3, -0.25) is 0 Å². The fourth-order valence-corrected chi connectivity index (χ4v) is 4.02. The van der Waals surface area contributed by atoms with Gasteiger partial charge in [0.05, 0.1) is 22.5 Å². The fraction of sp³-hybridized carbons (Fsp3) is 0.333. The third kappa shape index (κ3) is 1.78. The molecule has 0 saturated carbocycles. The molecule has 6 heteroatoms. The van der Waals surface area contributed by atoms with Gasteiger partial charge in [-0.15, -0.1) is 0 Å². The number of hydrogen-bond acceptors (Lipinski definition) is 3. The molecular weight excluding hydrogens is 339 g/mol. The Morgan fingerprint density at radius 3 is 2.76 bits per heavy atom. The number of carboxylic acids is 1. The molecule has 2 bridgehead atoms. The summed E-state index contributed by atoms with van der Waals surface area (Å²) in [5, 5.41) is 10.0. The molecule has 1 N–H and O–H groups in total. The summed E-state index contributed by atoms with van der Waals surface area (Å²) in [5.74, 6) is -1.18. The average Bonchev–Trinajstić information content (AvgIpc) is 2.46. The SMILES string of the molecule is O=C(O)c1c2c(nc3c(Br)cc(F)cc13)C1CCN2CC1. The largest absolute Gasteiger partial charge is 0.478 e. The fourth-order valence-electron chi connectivity index (χ4n) is 3.50. The lowest BCUT2D eigenvalue weighted by molar-refractivity contribution is 0.0699. The number of aromatic carboxylic acids is 1. The molecule has 0 atom stereocenters. The van der Waals surface area contributed by atoms with E-state index < -0.39 is 11.8 Å². The quantitative estimate of drug-likeness (QED) is 0.854. The summed E-state index contributed by atoms with van der Waals surface area (Å²) in [6.07, 6.45) is 2.01. The normalized spacial score (nSPS) is 17.3. The van der Waals surface area contributed by atoms with E-state index in [4.69, 9.17) is 0 Å².